The summed E-state index contributed by atoms with van der Waals surface area (Å²) in [7, 11) is 0. The lowest BCUT2D eigenvalue weighted by Crippen LogP contribution is -2.01. The third kappa shape index (κ3) is 2.52. The third-order valence-corrected chi connectivity index (χ3v) is 3.57. The third-order valence-electron chi connectivity index (χ3n) is 3.57. The minimum absolute atomic E-state index is 0.411. The number of rotatable bonds is 2. The van der Waals surface area contributed by atoms with Crippen molar-refractivity contribution in [2.75, 3.05) is 5.73 Å². The summed E-state index contributed by atoms with van der Waals surface area (Å²) in [5.74, 6) is 0.411. The van der Waals surface area contributed by atoms with Gasteiger partial charge < -0.3 is 5.73 Å². The van der Waals surface area contributed by atoms with E-state index in [1.54, 1.807) is 4.68 Å². The summed E-state index contributed by atoms with van der Waals surface area (Å²) in [5.41, 5.74) is 12.9. The molecule has 4 heteroatoms. The van der Waals surface area contributed by atoms with Crippen LogP contribution in [-0.2, 0) is 0 Å². The van der Waals surface area contributed by atoms with E-state index in [1.807, 2.05) is 19.3 Å². The average Bonchev–Trinajstić information content (AvgIpc) is 2.65. The van der Waals surface area contributed by atoms with Crippen LogP contribution in [0.3, 0.4) is 0 Å². The van der Waals surface area contributed by atoms with Gasteiger partial charge in [-0.2, -0.15) is 5.10 Å². The normalized spacial score (nSPS) is 11.4. The molecule has 0 saturated carbocycles. The Bertz CT molecular complexity index is 624. The molecule has 0 fully saturated rings. The highest BCUT2D eigenvalue weighted by Gasteiger charge is 2.06. The Labute approximate surface area is 114 Å². The van der Waals surface area contributed by atoms with Gasteiger partial charge in [-0.05, 0) is 56.9 Å². The molecule has 0 bridgehead atoms. The summed E-state index contributed by atoms with van der Waals surface area (Å²) in [4.78, 5) is 4.13. The fourth-order valence-electron chi connectivity index (χ4n) is 2.16. The first-order chi connectivity index (χ1) is 8.90. The predicted molar refractivity (Wildman–Crippen MR) is 79.8 cm³/mol. The van der Waals surface area contributed by atoms with Gasteiger partial charge in [0.1, 0.15) is 0 Å². The molecule has 0 aliphatic rings. The second kappa shape index (κ2) is 4.88. The van der Waals surface area contributed by atoms with Crippen LogP contribution in [0.4, 0.5) is 5.95 Å². The number of nitrogens with zero attached hydrogens (tertiary/aromatic N) is 3. The Kier molecular flexibility index (Phi) is 3.42. The Morgan fingerprint density at radius 2 is 1.68 bits per heavy atom. The van der Waals surface area contributed by atoms with Crippen molar-refractivity contribution in [1.82, 2.24) is 9.66 Å². The van der Waals surface area contributed by atoms with Crippen LogP contribution in [-0.4, -0.2) is 15.9 Å². The van der Waals surface area contributed by atoms with E-state index in [1.165, 1.54) is 22.3 Å². The van der Waals surface area contributed by atoms with Crippen molar-refractivity contribution in [2.24, 2.45) is 5.10 Å². The Morgan fingerprint density at radius 1 is 1.11 bits per heavy atom. The highest BCUT2D eigenvalue weighted by atomic mass is 15.4. The van der Waals surface area contributed by atoms with E-state index in [0.717, 1.165) is 11.3 Å². The number of anilines is 1. The summed E-state index contributed by atoms with van der Waals surface area (Å²) in [6, 6.07) is 2.21. The molecule has 19 heavy (non-hydrogen) atoms. The van der Waals surface area contributed by atoms with Crippen LogP contribution in [0.2, 0.25) is 0 Å². The molecule has 0 saturated heterocycles. The second-order valence-electron chi connectivity index (χ2n) is 5.00. The first-order valence-corrected chi connectivity index (χ1v) is 6.33. The summed E-state index contributed by atoms with van der Waals surface area (Å²) < 4.78 is 1.60. The van der Waals surface area contributed by atoms with E-state index in [9.17, 15) is 0 Å². The molecule has 100 valence electrons. The maximum Gasteiger partial charge on any atom is 0.221 e. The van der Waals surface area contributed by atoms with Crippen LogP contribution in [0.5, 0.6) is 0 Å². The lowest BCUT2D eigenvalue weighted by atomic mass is 9.95. The number of benzene rings is 1. The van der Waals surface area contributed by atoms with E-state index in [0.29, 0.717) is 5.95 Å². The number of nitrogen functional groups attached to an aromatic ring is 1. The van der Waals surface area contributed by atoms with Gasteiger partial charge >= 0.3 is 0 Å². The number of imidazole rings is 1. The molecule has 1 heterocycles. The molecule has 0 unspecified atom stereocenters. The number of hydrogen-bond donors (Lipinski definition) is 1. The minimum Gasteiger partial charge on any atom is -0.368 e. The monoisotopic (exact) mass is 256 g/mol. The van der Waals surface area contributed by atoms with Crippen molar-refractivity contribution < 1.29 is 0 Å². The summed E-state index contributed by atoms with van der Waals surface area (Å²) in [6.45, 7) is 10.4. The smallest absolute Gasteiger partial charge is 0.221 e. The Morgan fingerprint density at radius 3 is 2.16 bits per heavy atom. The van der Waals surface area contributed by atoms with Gasteiger partial charge in [0, 0.05) is 5.56 Å². The van der Waals surface area contributed by atoms with Gasteiger partial charge in [-0.25, -0.2) is 9.66 Å². The van der Waals surface area contributed by atoms with Crippen LogP contribution in [0.1, 0.15) is 33.5 Å². The lowest BCUT2D eigenvalue weighted by molar-refractivity contribution is 0.896. The number of nitrogens with two attached hydrogens (primary N) is 1. The molecule has 0 spiro atoms. The minimum atomic E-state index is 0.411. The van der Waals surface area contributed by atoms with Gasteiger partial charge in [-0.1, -0.05) is 6.07 Å². The standard InChI is InChI=1S/C15H20N4/c1-9-6-10(2)13(5)14(12(9)4)7-17-19-8-11(3)18-15(19)16/h6-8H,1-5H3,(H2,16,18). The zero-order valence-corrected chi connectivity index (χ0v) is 12.2. The molecule has 2 rings (SSSR count). The molecule has 1 aromatic carbocycles. The maximum absolute atomic E-state index is 5.78. The molecule has 0 amide bonds. The fourth-order valence-corrected chi connectivity index (χ4v) is 2.16. The quantitative estimate of drug-likeness (QED) is 0.840. The molecule has 1 aromatic heterocycles. The van der Waals surface area contributed by atoms with E-state index in [4.69, 9.17) is 5.73 Å². The Balaban J connectivity index is 2.47. The van der Waals surface area contributed by atoms with E-state index < -0.39 is 0 Å². The summed E-state index contributed by atoms with van der Waals surface area (Å²) >= 11 is 0. The molecule has 2 aromatic rings. The highest BCUT2D eigenvalue weighted by molar-refractivity contribution is 5.85. The molecular weight excluding hydrogens is 236 g/mol. The molecule has 0 radical (unpaired) electrons. The van der Waals surface area contributed by atoms with Crippen LogP contribution in [0, 0.1) is 34.6 Å². The highest BCUT2D eigenvalue weighted by Crippen LogP contribution is 2.20. The number of hydrogen-bond acceptors (Lipinski definition) is 3. The molecule has 2 N–H and O–H groups in total. The zero-order valence-electron chi connectivity index (χ0n) is 12.2. The SMILES string of the molecule is Cc1cn(N=Cc2c(C)c(C)cc(C)c2C)c(N)n1. The first kappa shape index (κ1) is 13.3. The van der Waals surface area contributed by atoms with Crippen LogP contribution in [0.15, 0.2) is 17.4 Å². The molecular formula is C15H20N4. The number of aryl methyl sites for hydroxylation is 3. The van der Waals surface area contributed by atoms with E-state index in [2.05, 4.69) is 43.8 Å². The van der Waals surface area contributed by atoms with Gasteiger partial charge in [0.05, 0.1) is 18.1 Å². The largest absolute Gasteiger partial charge is 0.368 e. The summed E-state index contributed by atoms with van der Waals surface area (Å²) in [5, 5.41) is 4.40. The van der Waals surface area contributed by atoms with Crippen LogP contribution >= 0.6 is 0 Å². The summed E-state index contributed by atoms with van der Waals surface area (Å²) in [6.07, 6.45) is 3.68. The lowest BCUT2D eigenvalue weighted by Gasteiger charge is -2.11. The van der Waals surface area contributed by atoms with Crippen molar-refractivity contribution in [3.8, 4) is 0 Å². The van der Waals surface area contributed by atoms with Crippen LogP contribution in [0.25, 0.3) is 0 Å². The second-order valence-corrected chi connectivity index (χ2v) is 5.00. The molecule has 0 aliphatic heterocycles. The van der Waals surface area contributed by atoms with Crippen molar-refractivity contribution in [3.05, 3.63) is 45.8 Å². The molecule has 0 atom stereocenters. The van der Waals surface area contributed by atoms with E-state index >= 15 is 0 Å². The van der Waals surface area contributed by atoms with Crippen molar-refractivity contribution >= 4 is 12.2 Å². The van der Waals surface area contributed by atoms with Crippen LogP contribution < -0.4 is 5.73 Å². The molecule has 4 nitrogen and oxygen atoms in total. The predicted octanol–water partition coefficient (Wildman–Crippen LogP) is 2.89. The molecule has 0 aliphatic carbocycles. The van der Waals surface area contributed by atoms with Gasteiger partial charge in [0.25, 0.3) is 0 Å². The first-order valence-electron chi connectivity index (χ1n) is 6.33. The zero-order chi connectivity index (χ0) is 14.2. The topological polar surface area (TPSA) is 56.2 Å². The van der Waals surface area contributed by atoms with Gasteiger partial charge in [-0.3, -0.25) is 0 Å². The van der Waals surface area contributed by atoms with Gasteiger partial charge in [0.2, 0.25) is 5.95 Å². The fraction of sp³-hybridized carbons (Fsp3) is 0.333. The van der Waals surface area contributed by atoms with E-state index in [-0.39, 0.29) is 0 Å². The maximum atomic E-state index is 5.78. The van der Waals surface area contributed by atoms with Gasteiger partial charge in [-0.15, -0.1) is 0 Å². The number of aromatic nitrogens is 2. The van der Waals surface area contributed by atoms with Crippen molar-refractivity contribution in [1.29, 1.82) is 0 Å². The average molecular weight is 256 g/mol. The van der Waals surface area contributed by atoms with Crippen molar-refractivity contribution in [2.45, 2.75) is 34.6 Å². The van der Waals surface area contributed by atoms with Gasteiger partial charge in [0.15, 0.2) is 0 Å². The van der Waals surface area contributed by atoms with Crippen molar-refractivity contribution in [3.63, 3.8) is 0 Å². The Hall–Kier alpha value is -2.10.